The van der Waals surface area contributed by atoms with Gasteiger partial charge in [0.2, 0.25) is 11.8 Å². The average molecular weight is 575 g/mol. The van der Waals surface area contributed by atoms with Crippen LogP contribution in [0.1, 0.15) is 51.2 Å². The number of esters is 1. The summed E-state index contributed by atoms with van der Waals surface area (Å²) in [5.74, 6) is -4.27. The Morgan fingerprint density at radius 1 is 0.976 bits per heavy atom. The van der Waals surface area contributed by atoms with E-state index in [9.17, 15) is 32.3 Å². The number of nitrogens with one attached hydrogen (secondary N) is 1. The smallest absolute Gasteiger partial charge is 0.416 e. The first kappa shape index (κ1) is 30.2. The van der Waals surface area contributed by atoms with Gasteiger partial charge in [-0.1, -0.05) is 36.4 Å². The van der Waals surface area contributed by atoms with E-state index in [1.807, 2.05) is 0 Å². The molecule has 0 saturated carbocycles. The molecule has 2 fully saturated rings. The van der Waals surface area contributed by atoms with Crippen molar-refractivity contribution in [2.24, 2.45) is 5.92 Å². The fraction of sp³-hybridized carbons (Fsp3) is 0.467. The van der Waals surface area contributed by atoms with Crippen LogP contribution in [-0.2, 0) is 41.4 Å². The van der Waals surface area contributed by atoms with E-state index >= 15 is 0 Å². The van der Waals surface area contributed by atoms with Crippen LogP contribution >= 0.6 is 0 Å². The maximum absolute atomic E-state index is 13.7. The molecule has 2 aromatic carbocycles. The molecule has 1 atom stereocenters. The van der Waals surface area contributed by atoms with Gasteiger partial charge < -0.3 is 19.7 Å². The van der Waals surface area contributed by atoms with Crippen LogP contribution in [0.2, 0.25) is 0 Å². The number of carbonyl (C=O) groups excluding carboxylic acids is 4. The van der Waals surface area contributed by atoms with Gasteiger partial charge in [0.25, 0.3) is 0 Å². The van der Waals surface area contributed by atoms with Crippen LogP contribution in [0.25, 0.3) is 11.1 Å². The molecule has 11 heteroatoms. The molecule has 41 heavy (non-hydrogen) atoms. The van der Waals surface area contributed by atoms with Gasteiger partial charge in [0, 0.05) is 26.2 Å². The van der Waals surface area contributed by atoms with Crippen molar-refractivity contribution in [3.05, 3.63) is 59.7 Å². The number of benzene rings is 2. The van der Waals surface area contributed by atoms with Crippen molar-refractivity contribution in [2.75, 3.05) is 19.8 Å². The van der Waals surface area contributed by atoms with Gasteiger partial charge in [0.1, 0.15) is 12.1 Å². The molecule has 2 aliphatic heterocycles. The number of nitrogens with zero attached hydrogens (tertiary/aromatic N) is 1. The first-order valence-electron chi connectivity index (χ1n) is 13.4. The van der Waals surface area contributed by atoms with E-state index in [0.29, 0.717) is 37.2 Å². The number of ketones is 1. The lowest BCUT2D eigenvalue weighted by Crippen LogP contribution is -2.64. The lowest BCUT2D eigenvalue weighted by molar-refractivity contribution is -0.165. The van der Waals surface area contributed by atoms with Crippen LogP contribution in [0, 0.1) is 5.92 Å². The van der Waals surface area contributed by atoms with E-state index in [4.69, 9.17) is 9.47 Å². The van der Waals surface area contributed by atoms with E-state index < -0.39 is 58.9 Å². The Hall–Kier alpha value is -3.73. The quantitative estimate of drug-likeness (QED) is 0.408. The molecule has 2 aromatic rings. The number of Topliss-reactive ketones (excluding diaryl/α,β-unsaturated/α-hetero) is 1. The van der Waals surface area contributed by atoms with Crippen LogP contribution in [-0.4, -0.2) is 59.4 Å². The Bertz CT molecular complexity index is 1290. The number of piperidine rings is 1. The van der Waals surface area contributed by atoms with Gasteiger partial charge in [-0.05, 0) is 62.4 Å². The van der Waals surface area contributed by atoms with Crippen LogP contribution in [0.15, 0.2) is 48.5 Å². The minimum atomic E-state index is -4.42. The third-order valence-electron chi connectivity index (χ3n) is 7.26. The zero-order valence-electron chi connectivity index (χ0n) is 23.2. The van der Waals surface area contributed by atoms with Gasteiger partial charge in [0.15, 0.2) is 11.7 Å². The second-order valence-corrected chi connectivity index (χ2v) is 11.4. The first-order chi connectivity index (χ1) is 19.2. The molecular formula is C30H33F3N2O6. The number of hydrogen-bond donors (Lipinski definition) is 1. The predicted octanol–water partition coefficient (Wildman–Crippen LogP) is 4.30. The third-order valence-corrected chi connectivity index (χ3v) is 7.26. The van der Waals surface area contributed by atoms with Crippen molar-refractivity contribution in [3.8, 4) is 11.1 Å². The minimum Gasteiger partial charge on any atom is -0.459 e. The molecule has 2 amide bonds. The Kier molecular flexibility index (Phi) is 8.58. The van der Waals surface area contributed by atoms with Gasteiger partial charge in [-0.15, -0.1) is 0 Å². The van der Waals surface area contributed by atoms with Gasteiger partial charge >= 0.3 is 12.1 Å². The number of carbonyl (C=O) groups is 4. The lowest BCUT2D eigenvalue weighted by Gasteiger charge is -2.50. The average Bonchev–Trinajstić information content (AvgIpc) is 2.89. The van der Waals surface area contributed by atoms with Gasteiger partial charge in [-0.2, -0.15) is 13.2 Å². The highest BCUT2D eigenvalue weighted by Crippen LogP contribution is 2.39. The van der Waals surface area contributed by atoms with Crippen molar-refractivity contribution in [1.82, 2.24) is 10.2 Å². The molecule has 1 N–H and O–H groups in total. The van der Waals surface area contributed by atoms with Crippen molar-refractivity contribution < 1.29 is 41.8 Å². The molecule has 220 valence electrons. The topological polar surface area (TPSA) is 102 Å². The molecule has 2 saturated heterocycles. The third kappa shape index (κ3) is 7.13. The summed E-state index contributed by atoms with van der Waals surface area (Å²) >= 11 is 0. The molecule has 2 heterocycles. The highest BCUT2D eigenvalue weighted by molar-refractivity contribution is 6.20. The lowest BCUT2D eigenvalue weighted by atomic mass is 9.75. The molecule has 4 rings (SSSR count). The predicted molar refractivity (Wildman–Crippen MR) is 142 cm³/mol. The molecular weight excluding hydrogens is 541 g/mol. The summed E-state index contributed by atoms with van der Waals surface area (Å²) in [4.78, 5) is 53.5. The maximum Gasteiger partial charge on any atom is 0.416 e. The molecule has 8 nitrogen and oxygen atoms in total. The second kappa shape index (κ2) is 11.6. The van der Waals surface area contributed by atoms with Crippen molar-refractivity contribution in [3.63, 3.8) is 0 Å². The molecule has 0 aliphatic carbocycles. The normalized spacial score (nSPS) is 19.3. The summed E-state index contributed by atoms with van der Waals surface area (Å²) in [5, 5.41) is 2.37. The standard InChI is InChI=1S/C30H33F3N2O6/c1-28(2,3)41-24(37)17-34-26(38)25-23(36)16-29(12-14-40-15-13-29)35(27(25)39)18-19-4-6-20(7-5-19)21-8-10-22(11-9-21)30(31,32)33/h4-11,25H,12-18H2,1-3H3,(H,34,38). The molecule has 1 unspecified atom stereocenters. The Labute approximate surface area is 236 Å². The van der Waals surface area contributed by atoms with E-state index in [-0.39, 0.29) is 13.0 Å². The Morgan fingerprint density at radius 2 is 1.54 bits per heavy atom. The number of likely N-dealkylation sites (tertiary alicyclic amines) is 1. The molecule has 1 spiro atoms. The van der Waals surface area contributed by atoms with Gasteiger partial charge in [0.05, 0.1) is 11.1 Å². The van der Waals surface area contributed by atoms with E-state index in [0.717, 1.165) is 17.7 Å². The zero-order chi connectivity index (χ0) is 30.0. The minimum absolute atomic E-state index is 0.0176. The Balaban J connectivity index is 1.52. The highest BCUT2D eigenvalue weighted by atomic mass is 19.4. The highest BCUT2D eigenvalue weighted by Gasteiger charge is 2.53. The van der Waals surface area contributed by atoms with E-state index in [1.165, 1.54) is 12.1 Å². The van der Waals surface area contributed by atoms with Gasteiger partial charge in [-0.3, -0.25) is 19.2 Å². The van der Waals surface area contributed by atoms with Crippen LogP contribution < -0.4 is 5.32 Å². The van der Waals surface area contributed by atoms with Crippen LogP contribution in [0.3, 0.4) is 0 Å². The number of hydrogen-bond acceptors (Lipinski definition) is 6. The van der Waals surface area contributed by atoms with Gasteiger partial charge in [-0.25, -0.2) is 0 Å². The van der Waals surface area contributed by atoms with Crippen LogP contribution in [0.4, 0.5) is 13.2 Å². The zero-order valence-corrected chi connectivity index (χ0v) is 23.2. The summed E-state index contributed by atoms with van der Waals surface area (Å²) in [6, 6.07) is 11.9. The van der Waals surface area contributed by atoms with E-state index in [1.54, 1.807) is 49.9 Å². The summed E-state index contributed by atoms with van der Waals surface area (Å²) in [6.07, 6.45) is -3.58. The van der Waals surface area contributed by atoms with Crippen LogP contribution in [0.5, 0.6) is 0 Å². The largest absolute Gasteiger partial charge is 0.459 e. The van der Waals surface area contributed by atoms with E-state index in [2.05, 4.69) is 5.32 Å². The first-order valence-corrected chi connectivity index (χ1v) is 13.4. The molecule has 0 radical (unpaired) electrons. The number of halogens is 3. The SMILES string of the molecule is CC(C)(C)OC(=O)CNC(=O)C1C(=O)CC2(CCOCC2)N(Cc2ccc(-c3ccc(C(F)(F)F)cc3)cc2)C1=O. The summed E-state index contributed by atoms with van der Waals surface area (Å²) in [5.41, 5.74) is -0.271. The molecule has 0 aromatic heterocycles. The fourth-order valence-corrected chi connectivity index (χ4v) is 5.23. The summed E-state index contributed by atoms with van der Waals surface area (Å²) in [7, 11) is 0. The van der Waals surface area contributed by atoms with Crippen molar-refractivity contribution in [2.45, 2.75) is 63.9 Å². The summed E-state index contributed by atoms with van der Waals surface area (Å²) in [6.45, 7) is 5.41. The summed E-state index contributed by atoms with van der Waals surface area (Å²) < 4.78 is 49.4. The fourth-order valence-electron chi connectivity index (χ4n) is 5.23. The maximum atomic E-state index is 13.7. The number of amides is 2. The number of ether oxygens (including phenoxy) is 2. The monoisotopic (exact) mass is 574 g/mol. The number of rotatable bonds is 6. The van der Waals surface area contributed by atoms with Crippen molar-refractivity contribution in [1.29, 1.82) is 0 Å². The second-order valence-electron chi connectivity index (χ2n) is 11.4. The molecule has 0 bridgehead atoms. The van der Waals surface area contributed by atoms with Crippen molar-refractivity contribution >= 4 is 23.6 Å². The molecule has 2 aliphatic rings. The Morgan fingerprint density at radius 3 is 2.07 bits per heavy atom. The number of alkyl halides is 3.